The molecule has 0 aliphatic heterocycles. The van der Waals surface area contributed by atoms with Crippen molar-refractivity contribution >= 4 is 11.8 Å². The Morgan fingerprint density at radius 1 is 0.957 bits per heavy atom. The molecule has 0 amide bonds. The number of carbonyl (C=O) groups is 2. The third kappa shape index (κ3) is 2.45. The molecule has 0 bridgehead atoms. The highest BCUT2D eigenvalue weighted by molar-refractivity contribution is 6.01. The molecule has 4 nitrogen and oxygen atoms in total. The number of ether oxygens (including phenoxy) is 1. The Kier molecular flexibility index (Phi) is 3.99. The standard InChI is InChI=1S/C19H28O4/c1-23-19(22)18-15-7-6-13-12-5-3-11(20)8-10(12)2-4-14(13)16(15)9-17(18)21/h10-16,18,20H,2-9H2,1H3/t10-,11-,12+,13-,14-,15+,16+,18-/m1/s1. The van der Waals surface area contributed by atoms with Gasteiger partial charge in [-0.3, -0.25) is 9.59 Å². The molecule has 0 aromatic carbocycles. The predicted octanol–water partition coefficient (Wildman–Crippen LogP) is 2.58. The molecule has 0 saturated heterocycles. The van der Waals surface area contributed by atoms with E-state index >= 15 is 0 Å². The maximum atomic E-state index is 12.4. The summed E-state index contributed by atoms with van der Waals surface area (Å²) in [6.07, 6.45) is 8.11. The fourth-order valence-corrected chi connectivity index (χ4v) is 6.72. The van der Waals surface area contributed by atoms with E-state index in [-0.39, 0.29) is 23.8 Å². The van der Waals surface area contributed by atoms with E-state index in [0.29, 0.717) is 30.1 Å². The number of rotatable bonds is 1. The Bertz CT molecular complexity index is 502. The summed E-state index contributed by atoms with van der Waals surface area (Å²) in [5.41, 5.74) is 0. The van der Waals surface area contributed by atoms with Gasteiger partial charge in [0.25, 0.3) is 0 Å². The number of aliphatic hydroxyl groups excluding tert-OH is 1. The minimum atomic E-state index is -0.489. The fraction of sp³-hybridized carbons (Fsp3) is 0.895. The van der Waals surface area contributed by atoms with E-state index in [1.54, 1.807) is 0 Å². The minimum Gasteiger partial charge on any atom is -0.468 e. The van der Waals surface area contributed by atoms with Gasteiger partial charge in [0.2, 0.25) is 0 Å². The summed E-state index contributed by atoms with van der Waals surface area (Å²) in [5.74, 6) is 2.70. The van der Waals surface area contributed by atoms with E-state index in [0.717, 1.165) is 38.0 Å². The van der Waals surface area contributed by atoms with Crippen molar-refractivity contribution in [3.05, 3.63) is 0 Å². The summed E-state index contributed by atoms with van der Waals surface area (Å²) in [5, 5.41) is 9.96. The van der Waals surface area contributed by atoms with E-state index in [1.165, 1.54) is 20.0 Å². The molecule has 128 valence electrons. The average molecular weight is 320 g/mol. The first kappa shape index (κ1) is 15.6. The molecule has 4 aliphatic rings. The first-order chi connectivity index (χ1) is 11.1. The van der Waals surface area contributed by atoms with Crippen LogP contribution in [0.15, 0.2) is 0 Å². The van der Waals surface area contributed by atoms with E-state index in [1.807, 2.05) is 0 Å². The number of carbonyl (C=O) groups excluding carboxylic acids is 2. The molecule has 4 rings (SSSR count). The number of hydrogen-bond donors (Lipinski definition) is 1. The second-order valence-corrected chi connectivity index (χ2v) is 8.37. The van der Waals surface area contributed by atoms with Crippen LogP contribution in [0.3, 0.4) is 0 Å². The van der Waals surface area contributed by atoms with E-state index < -0.39 is 5.92 Å². The third-order valence-electron chi connectivity index (χ3n) is 7.58. The Hall–Kier alpha value is -0.900. The SMILES string of the molecule is COC(=O)[C@H]1C(=O)C[C@H]2[C@@H]3CC[C@@H]4C[C@H](O)CC[C@@H]4[C@H]3CC[C@H]12. The molecule has 0 spiro atoms. The third-order valence-corrected chi connectivity index (χ3v) is 7.58. The van der Waals surface area contributed by atoms with Gasteiger partial charge in [-0.25, -0.2) is 0 Å². The molecule has 0 aromatic heterocycles. The number of esters is 1. The lowest BCUT2D eigenvalue weighted by atomic mass is 9.53. The molecular weight excluding hydrogens is 292 g/mol. The molecule has 8 atom stereocenters. The largest absolute Gasteiger partial charge is 0.468 e. The van der Waals surface area contributed by atoms with Crippen molar-refractivity contribution in [1.29, 1.82) is 0 Å². The molecule has 0 aromatic rings. The highest BCUT2D eigenvalue weighted by Gasteiger charge is 2.56. The topological polar surface area (TPSA) is 63.6 Å². The number of aliphatic hydroxyl groups is 1. The summed E-state index contributed by atoms with van der Waals surface area (Å²) in [6.45, 7) is 0. The van der Waals surface area contributed by atoms with Gasteiger partial charge in [0.1, 0.15) is 11.7 Å². The smallest absolute Gasteiger partial charge is 0.316 e. The van der Waals surface area contributed by atoms with Crippen LogP contribution in [0.5, 0.6) is 0 Å². The number of ketones is 1. The summed E-state index contributed by atoms with van der Waals surface area (Å²) >= 11 is 0. The maximum absolute atomic E-state index is 12.4. The van der Waals surface area contributed by atoms with Crippen LogP contribution >= 0.6 is 0 Å². The van der Waals surface area contributed by atoms with Crippen LogP contribution in [0.1, 0.15) is 51.4 Å². The number of fused-ring (bicyclic) bond motifs is 5. The molecule has 0 heterocycles. The Labute approximate surface area is 138 Å². The molecular formula is C19H28O4. The molecule has 4 saturated carbocycles. The average Bonchev–Trinajstić information content (AvgIpc) is 2.89. The zero-order chi connectivity index (χ0) is 16.1. The van der Waals surface area contributed by atoms with Gasteiger partial charge in [0.15, 0.2) is 0 Å². The van der Waals surface area contributed by atoms with Crippen LogP contribution in [0.25, 0.3) is 0 Å². The Morgan fingerprint density at radius 3 is 2.39 bits per heavy atom. The van der Waals surface area contributed by atoms with Crippen molar-refractivity contribution in [2.45, 2.75) is 57.5 Å². The van der Waals surface area contributed by atoms with Crippen molar-refractivity contribution in [1.82, 2.24) is 0 Å². The molecule has 4 aliphatic carbocycles. The molecule has 0 radical (unpaired) electrons. The van der Waals surface area contributed by atoms with Crippen LogP contribution in [-0.2, 0) is 14.3 Å². The quantitative estimate of drug-likeness (QED) is 0.596. The van der Waals surface area contributed by atoms with Gasteiger partial charge in [-0.2, -0.15) is 0 Å². The van der Waals surface area contributed by atoms with Crippen molar-refractivity contribution < 1.29 is 19.4 Å². The summed E-state index contributed by atoms with van der Waals surface area (Å²) in [4.78, 5) is 24.4. The van der Waals surface area contributed by atoms with E-state index in [2.05, 4.69) is 0 Å². The Morgan fingerprint density at radius 2 is 1.61 bits per heavy atom. The second kappa shape index (κ2) is 5.87. The minimum absolute atomic E-state index is 0.0964. The number of hydrogen-bond acceptors (Lipinski definition) is 4. The molecule has 4 heteroatoms. The molecule has 0 unspecified atom stereocenters. The lowest BCUT2D eigenvalue weighted by Gasteiger charge is -2.52. The lowest BCUT2D eigenvalue weighted by molar-refractivity contribution is -0.151. The number of Topliss-reactive ketones (excluding diaryl/α,β-unsaturated/α-hetero) is 1. The summed E-state index contributed by atoms with van der Waals surface area (Å²) in [6, 6.07) is 0. The maximum Gasteiger partial charge on any atom is 0.316 e. The van der Waals surface area contributed by atoms with Crippen LogP contribution in [0.2, 0.25) is 0 Å². The van der Waals surface area contributed by atoms with Crippen LogP contribution < -0.4 is 0 Å². The lowest BCUT2D eigenvalue weighted by Crippen LogP contribution is -2.46. The zero-order valence-corrected chi connectivity index (χ0v) is 13.9. The molecule has 4 fully saturated rings. The van der Waals surface area contributed by atoms with Crippen molar-refractivity contribution in [2.24, 2.45) is 41.4 Å². The van der Waals surface area contributed by atoms with Crippen LogP contribution in [0.4, 0.5) is 0 Å². The highest BCUT2D eigenvalue weighted by Crippen LogP contribution is 2.58. The van der Waals surface area contributed by atoms with Crippen molar-refractivity contribution in [2.75, 3.05) is 7.11 Å². The zero-order valence-electron chi connectivity index (χ0n) is 13.9. The first-order valence-electron chi connectivity index (χ1n) is 9.38. The normalized spacial score (nSPS) is 49.0. The van der Waals surface area contributed by atoms with Gasteiger partial charge in [-0.15, -0.1) is 0 Å². The monoisotopic (exact) mass is 320 g/mol. The molecule has 23 heavy (non-hydrogen) atoms. The molecule has 1 N–H and O–H groups in total. The van der Waals surface area contributed by atoms with Crippen LogP contribution in [0, 0.1) is 41.4 Å². The van der Waals surface area contributed by atoms with Crippen molar-refractivity contribution in [3.8, 4) is 0 Å². The van der Waals surface area contributed by atoms with Crippen molar-refractivity contribution in [3.63, 3.8) is 0 Å². The van der Waals surface area contributed by atoms with Gasteiger partial charge in [0.05, 0.1) is 13.2 Å². The highest BCUT2D eigenvalue weighted by atomic mass is 16.5. The van der Waals surface area contributed by atoms with Gasteiger partial charge in [-0.05, 0) is 80.5 Å². The predicted molar refractivity (Wildman–Crippen MR) is 84.4 cm³/mol. The van der Waals surface area contributed by atoms with Gasteiger partial charge in [-0.1, -0.05) is 0 Å². The Balaban J connectivity index is 1.54. The van der Waals surface area contributed by atoms with Crippen LogP contribution in [-0.4, -0.2) is 30.1 Å². The second-order valence-electron chi connectivity index (χ2n) is 8.37. The number of methoxy groups -OCH3 is 1. The van der Waals surface area contributed by atoms with Gasteiger partial charge < -0.3 is 9.84 Å². The fourth-order valence-electron chi connectivity index (χ4n) is 6.72. The van der Waals surface area contributed by atoms with Gasteiger partial charge in [0, 0.05) is 6.42 Å². The summed E-state index contributed by atoms with van der Waals surface area (Å²) in [7, 11) is 1.40. The summed E-state index contributed by atoms with van der Waals surface area (Å²) < 4.78 is 4.90. The van der Waals surface area contributed by atoms with Gasteiger partial charge >= 0.3 is 5.97 Å². The first-order valence-corrected chi connectivity index (χ1v) is 9.38. The van der Waals surface area contributed by atoms with E-state index in [9.17, 15) is 14.7 Å². The van der Waals surface area contributed by atoms with E-state index in [4.69, 9.17) is 4.74 Å².